The van der Waals surface area contributed by atoms with E-state index >= 15 is 0 Å². The lowest BCUT2D eigenvalue weighted by Gasteiger charge is -2.26. The van der Waals surface area contributed by atoms with Gasteiger partial charge in [0.2, 0.25) is 0 Å². The molecular formula is C15H21N3O3. The van der Waals surface area contributed by atoms with Crippen LogP contribution in [-0.2, 0) is 0 Å². The number of nitro benzene ring substituents is 1. The Morgan fingerprint density at radius 2 is 2.24 bits per heavy atom. The van der Waals surface area contributed by atoms with Gasteiger partial charge < -0.3 is 4.74 Å². The lowest BCUT2D eigenvalue weighted by molar-refractivity contribution is -0.386. The standard InChI is InChI=1S/C15H21N3O3/c1-5-17-15(4,10-16)9-12(3)21-13-8-6-7-11(2)14(13)18(19)20/h6-8,12,17H,5,9H2,1-4H3. The van der Waals surface area contributed by atoms with E-state index in [1.807, 2.05) is 6.92 Å². The molecule has 0 saturated heterocycles. The predicted octanol–water partition coefficient (Wildman–Crippen LogP) is 2.95. The Kier molecular flexibility index (Phi) is 5.68. The molecule has 0 aliphatic carbocycles. The van der Waals surface area contributed by atoms with Gasteiger partial charge in [-0.25, -0.2) is 0 Å². The minimum absolute atomic E-state index is 0.0218. The molecular weight excluding hydrogens is 270 g/mol. The lowest BCUT2D eigenvalue weighted by Crippen LogP contribution is -2.44. The Hall–Kier alpha value is -2.13. The molecule has 0 fully saturated rings. The normalized spacial score (nSPS) is 14.8. The number of nitro groups is 1. The number of hydrogen-bond acceptors (Lipinski definition) is 5. The monoisotopic (exact) mass is 291 g/mol. The molecule has 2 unspecified atom stereocenters. The van der Waals surface area contributed by atoms with Crippen molar-refractivity contribution in [3.63, 3.8) is 0 Å². The van der Waals surface area contributed by atoms with Crippen LogP contribution in [0.4, 0.5) is 5.69 Å². The average molecular weight is 291 g/mol. The van der Waals surface area contributed by atoms with Crippen molar-refractivity contribution in [2.45, 2.75) is 45.8 Å². The highest BCUT2D eigenvalue weighted by molar-refractivity contribution is 5.52. The van der Waals surface area contributed by atoms with Crippen LogP contribution in [0, 0.1) is 28.4 Å². The van der Waals surface area contributed by atoms with Crippen molar-refractivity contribution in [2.24, 2.45) is 0 Å². The Labute approximate surface area is 124 Å². The molecule has 0 aliphatic heterocycles. The Morgan fingerprint density at radius 1 is 1.57 bits per heavy atom. The van der Waals surface area contributed by atoms with E-state index in [1.165, 1.54) is 0 Å². The first-order chi connectivity index (χ1) is 9.83. The maximum absolute atomic E-state index is 11.1. The quantitative estimate of drug-likeness (QED) is 0.616. The number of aryl methyl sites for hydroxylation is 1. The number of nitrogens with zero attached hydrogens (tertiary/aromatic N) is 2. The topological polar surface area (TPSA) is 88.2 Å². The molecule has 0 amide bonds. The maximum atomic E-state index is 11.1. The minimum Gasteiger partial charge on any atom is -0.484 e. The van der Waals surface area contributed by atoms with E-state index in [0.717, 1.165) is 0 Å². The molecule has 1 aromatic carbocycles. The SMILES string of the molecule is CCNC(C)(C#N)CC(C)Oc1cccc(C)c1[N+](=O)[O-]. The van der Waals surface area contributed by atoms with Gasteiger partial charge >= 0.3 is 5.69 Å². The van der Waals surface area contributed by atoms with Gasteiger partial charge in [-0.2, -0.15) is 5.26 Å². The number of rotatable bonds is 7. The smallest absolute Gasteiger partial charge is 0.313 e. The Morgan fingerprint density at radius 3 is 2.76 bits per heavy atom. The molecule has 0 aromatic heterocycles. The summed E-state index contributed by atoms with van der Waals surface area (Å²) in [4.78, 5) is 10.7. The van der Waals surface area contributed by atoms with E-state index in [1.54, 1.807) is 39.0 Å². The summed E-state index contributed by atoms with van der Waals surface area (Å²) in [5.74, 6) is 0.240. The van der Waals surface area contributed by atoms with Gasteiger partial charge in [0, 0.05) is 12.0 Å². The van der Waals surface area contributed by atoms with Crippen molar-refractivity contribution in [1.29, 1.82) is 5.26 Å². The van der Waals surface area contributed by atoms with E-state index in [-0.39, 0.29) is 17.5 Å². The van der Waals surface area contributed by atoms with Gasteiger partial charge in [-0.15, -0.1) is 0 Å². The summed E-state index contributed by atoms with van der Waals surface area (Å²) in [6.07, 6.45) is 0.108. The summed E-state index contributed by atoms with van der Waals surface area (Å²) >= 11 is 0. The number of ether oxygens (including phenoxy) is 1. The lowest BCUT2D eigenvalue weighted by atomic mass is 9.96. The van der Waals surface area contributed by atoms with E-state index < -0.39 is 10.5 Å². The van der Waals surface area contributed by atoms with Crippen molar-refractivity contribution in [3.05, 3.63) is 33.9 Å². The van der Waals surface area contributed by atoms with Crippen molar-refractivity contribution < 1.29 is 9.66 Å². The van der Waals surface area contributed by atoms with Crippen molar-refractivity contribution in [2.75, 3.05) is 6.54 Å². The van der Waals surface area contributed by atoms with Crippen LogP contribution in [-0.4, -0.2) is 23.1 Å². The summed E-state index contributed by atoms with van der Waals surface area (Å²) in [5, 5.41) is 23.5. The molecule has 1 N–H and O–H groups in total. The van der Waals surface area contributed by atoms with Crippen LogP contribution in [0.1, 0.15) is 32.8 Å². The van der Waals surface area contributed by atoms with Gasteiger partial charge in [0.15, 0.2) is 5.75 Å². The van der Waals surface area contributed by atoms with E-state index in [9.17, 15) is 15.4 Å². The fourth-order valence-electron chi connectivity index (χ4n) is 2.34. The zero-order valence-electron chi connectivity index (χ0n) is 12.8. The number of nitriles is 1. The van der Waals surface area contributed by atoms with Gasteiger partial charge in [-0.3, -0.25) is 15.4 Å². The van der Waals surface area contributed by atoms with Crippen LogP contribution in [0.3, 0.4) is 0 Å². The van der Waals surface area contributed by atoms with E-state index in [0.29, 0.717) is 18.5 Å². The third kappa shape index (κ3) is 4.43. The van der Waals surface area contributed by atoms with E-state index in [2.05, 4.69) is 11.4 Å². The second-order valence-corrected chi connectivity index (χ2v) is 5.29. The number of hydrogen-bond donors (Lipinski definition) is 1. The molecule has 0 bridgehead atoms. The number of nitrogens with one attached hydrogen (secondary N) is 1. The zero-order chi connectivity index (χ0) is 16.0. The van der Waals surface area contributed by atoms with Gasteiger partial charge in [-0.05, 0) is 33.4 Å². The molecule has 21 heavy (non-hydrogen) atoms. The first-order valence-electron chi connectivity index (χ1n) is 6.90. The molecule has 1 aromatic rings. The predicted molar refractivity (Wildman–Crippen MR) is 80.2 cm³/mol. The first kappa shape index (κ1) is 16.9. The summed E-state index contributed by atoms with van der Waals surface area (Å²) < 4.78 is 5.70. The van der Waals surface area contributed by atoms with Crippen LogP contribution in [0.2, 0.25) is 0 Å². The third-order valence-corrected chi connectivity index (χ3v) is 3.22. The highest BCUT2D eigenvalue weighted by Gasteiger charge is 2.28. The molecule has 0 saturated carbocycles. The highest BCUT2D eigenvalue weighted by Crippen LogP contribution is 2.31. The summed E-state index contributed by atoms with van der Waals surface area (Å²) in [6, 6.07) is 7.20. The molecule has 2 atom stereocenters. The molecule has 0 radical (unpaired) electrons. The molecule has 0 heterocycles. The van der Waals surface area contributed by atoms with Crippen LogP contribution in [0.15, 0.2) is 18.2 Å². The summed E-state index contributed by atoms with van der Waals surface area (Å²) in [7, 11) is 0. The van der Waals surface area contributed by atoms with Crippen LogP contribution in [0.25, 0.3) is 0 Å². The van der Waals surface area contributed by atoms with Crippen LogP contribution < -0.4 is 10.1 Å². The van der Waals surface area contributed by atoms with Crippen molar-refractivity contribution in [3.8, 4) is 11.8 Å². The van der Waals surface area contributed by atoms with Crippen LogP contribution in [0.5, 0.6) is 5.75 Å². The average Bonchev–Trinajstić information content (AvgIpc) is 2.38. The fraction of sp³-hybridized carbons (Fsp3) is 0.533. The van der Waals surface area contributed by atoms with Gasteiger partial charge in [-0.1, -0.05) is 19.1 Å². The third-order valence-electron chi connectivity index (χ3n) is 3.22. The van der Waals surface area contributed by atoms with Crippen molar-refractivity contribution >= 4 is 5.69 Å². The minimum atomic E-state index is -0.716. The summed E-state index contributed by atoms with van der Waals surface area (Å²) in [5.41, 5.74) is -0.182. The highest BCUT2D eigenvalue weighted by atomic mass is 16.6. The second-order valence-electron chi connectivity index (χ2n) is 5.29. The number of para-hydroxylation sites is 1. The Balaban J connectivity index is 2.90. The number of benzene rings is 1. The van der Waals surface area contributed by atoms with Crippen molar-refractivity contribution in [1.82, 2.24) is 5.32 Å². The van der Waals surface area contributed by atoms with Gasteiger partial charge in [0.25, 0.3) is 0 Å². The molecule has 6 nitrogen and oxygen atoms in total. The molecule has 0 aliphatic rings. The van der Waals surface area contributed by atoms with Gasteiger partial charge in [0.05, 0.1) is 17.1 Å². The zero-order valence-corrected chi connectivity index (χ0v) is 12.8. The Bertz CT molecular complexity index is 554. The van der Waals surface area contributed by atoms with Gasteiger partial charge in [0.1, 0.15) is 5.54 Å². The van der Waals surface area contributed by atoms with Crippen LogP contribution >= 0.6 is 0 Å². The largest absolute Gasteiger partial charge is 0.484 e. The fourth-order valence-corrected chi connectivity index (χ4v) is 2.34. The maximum Gasteiger partial charge on any atom is 0.313 e. The summed E-state index contributed by atoms with van der Waals surface area (Å²) in [6.45, 7) is 7.86. The second kappa shape index (κ2) is 7.04. The molecule has 114 valence electrons. The molecule has 6 heteroatoms. The first-order valence-corrected chi connectivity index (χ1v) is 6.90. The molecule has 0 spiro atoms. The van der Waals surface area contributed by atoms with E-state index in [4.69, 9.17) is 4.74 Å². The molecule has 1 rings (SSSR count).